The molecule has 1 heterocycles. The Balaban J connectivity index is 2.16. The van der Waals surface area contributed by atoms with Crippen molar-refractivity contribution in [2.24, 2.45) is 0 Å². The van der Waals surface area contributed by atoms with E-state index in [9.17, 15) is 0 Å². The number of hydrogen-bond donors (Lipinski definition) is 0. The largest absolute Gasteiger partial charge is 0.493 e. The molecule has 0 fully saturated rings. The topological polar surface area (TPSA) is 22.1 Å². The van der Waals surface area contributed by atoms with Crippen molar-refractivity contribution >= 4 is 0 Å². The summed E-state index contributed by atoms with van der Waals surface area (Å²) in [4.78, 5) is 3.78. The second kappa shape index (κ2) is 5.58. The third kappa shape index (κ3) is 3.37. The Bertz CT molecular complexity index is 198. The summed E-state index contributed by atoms with van der Waals surface area (Å²) in [6.45, 7) is 2.98. The van der Waals surface area contributed by atoms with E-state index in [1.807, 2.05) is 6.07 Å². The van der Waals surface area contributed by atoms with Crippen LogP contribution in [0.3, 0.4) is 0 Å². The van der Waals surface area contributed by atoms with Crippen molar-refractivity contribution in [2.75, 3.05) is 6.61 Å². The summed E-state index contributed by atoms with van der Waals surface area (Å²) >= 11 is 0. The number of aromatic nitrogens is 1. The highest BCUT2D eigenvalue weighted by Crippen LogP contribution is 2.07. The van der Waals surface area contributed by atoms with E-state index in [1.165, 1.54) is 12.8 Å². The van der Waals surface area contributed by atoms with E-state index in [0.29, 0.717) is 0 Å². The summed E-state index contributed by atoms with van der Waals surface area (Å²) in [5, 5.41) is 0. The normalized spacial score (nSPS) is 9.75. The van der Waals surface area contributed by atoms with Crippen molar-refractivity contribution < 1.29 is 4.74 Å². The van der Waals surface area contributed by atoms with E-state index in [1.54, 1.807) is 12.3 Å². The summed E-state index contributed by atoms with van der Waals surface area (Å²) in [5.41, 5.74) is 0. The van der Waals surface area contributed by atoms with Gasteiger partial charge in [-0.25, -0.2) is 0 Å². The lowest BCUT2D eigenvalue weighted by Crippen LogP contribution is -1.96. The van der Waals surface area contributed by atoms with Crippen LogP contribution >= 0.6 is 0 Å². The van der Waals surface area contributed by atoms with Gasteiger partial charge in [-0.15, -0.1) is 0 Å². The summed E-state index contributed by atoms with van der Waals surface area (Å²) in [6, 6.07) is 3.61. The molecule has 0 saturated carbocycles. The van der Waals surface area contributed by atoms with Crippen LogP contribution in [0.25, 0.3) is 0 Å². The first-order valence-electron chi connectivity index (χ1n) is 4.38. The zero-order chi connectivity index (χ0) is 8.65. The minimum atomic E-state index is 0.797. The Kier molecular flexibility index (Phi) is 4.21. The van der Waals surface area contributed by atoms with Crippen LogP contribution in [0.15, 0.2) is 18.3 Å². The lowest BCUT2D eigenvalue weighted by molar-refractivity contribution is 0.306. The summed E-state index contributed by atoms with van der Waals surface area (Å²) in [5.74, 6) is 0.862. The lowest BCUT2D eigenvalue weighted by Gasteiger charge is -2.03. The van der Waals surface area contributed by atoms with Gasteiger partial charge in [0.1, 0.15) is 5.75 Å². The van der Waals surface area contributed by atoms with Crippen molar-refractivity contribution in [3.63, 3.8) is 0 Å². The molecular weight excluding hydrogens is 150 g/mol. The molecule has 0 unspecified atom stereocenters. The van der Waals surface area contributed by atoms with Crippen molar-refractivity contribution in [1.29, 1.82) is 0 Å². The molecular formula is C10H14NO. The molecule has 0 amide bonds. The van der Waals surface area contributed by atoms with Crippen LogP contribution in [0.2, 0.25) is 0 Å². The van der Waals surface area contributed by atoms with Gasteiger partial charge in [0.05, 0.1) is 12.8 Å². The standard InChI is InChI=1S/C10H14NO/c1-2-3-4-9-12-10-5-7-11-8-6-10/h5-7H,2-4,9H2,1H3. The van der Waals surface area contributed by atoms with E-state index in [0.717, 1.165) is 18.8 Å². The fourth-order valence-electron chi connectivity index (χ4n) is 0.935. The van der Waals surface area contributed by atoms with E-state index < -0.39 is 0 Å². The van der Waals surface area contributed by atoms with Crippen LogP contribution in [-0.4, -0.2) is 11.6 Å². The SMILES string of the molecule is CCCCCOc1c[c]ncc1. The molecule has 2 heteroatoms. The predicted molar refractivity (Wildman–Crippen MR) is 48.1 cm³/mol. The zero-order valence-electron chi connectivity index (χ0n) is 7.42. The average Bonchev–Trinajstić information content (AvgIpc) is 2.14. The van der Waals surface area contributed by atoms with E-state index in [4.69, 9.17) is 4.74 Å². The van der Waals surface area contributed by atoms with Gasteiger partial charge in [-0.05, 0) is 12.5 Å². The minimum absolute atomic E-state index is 0.797. The maximum Gasteiger partial charge on any atom is 0.123 e. The van der Waals surface area contributed by atoms with Gasteiger partial charge in [0.2, 0.25) is 0 Å². The van der Waals surface area contributed by atoms with Gasteiger partial charge < -0.3 is 4.74 Å². The molecule has 1 aromatic heterocycles. The Morgan fingerprint density at radius 2 is 2.42 bits per heavy atom. The highest BCUT2D eigenvalue weighted by atomic mass is 16.5. The van der Waals surface area contributed by atoms with Crippen molar-refractivity contribution in [2.45, 2.75) is 26.2 Å². The highest BCUT2D eigenvalue weighted by Gasteiger charge is 1.90. The third-order valence-corrected chi connectivity index (χ3v) is 1.61. The second-order valence-electron chi connectivity index (χ2n) is 2.68. The van der Waals surface area contributed by atoms with Crippen molar-refractivity contribution in [3.05, 3.63) is 24.5 Å². The molecule has 1 aromatic rings. The van der Waals surface area contributed by atoms with Gasteiger partial charge in [0.15, 0.2) is 0 Å². The maximum atomic E-state index is 5.44. The molecule has 0 bridgehead atoms. The Morgan fingerprint density at radius 1 is 1.50 bits per heavy atom. The number of rotatable bonds is 5. The van der Waals surface area contributed by atoms with Crippen LogP contribution < -0.4 is 4.74 Å². The van der Waals surface area contributed by atoms with Crippen LogP contribution in [0.1, 0.15) is 26.2 Å². The average molecular weight is 164 g/mol. The molecule has 0 saturated heterocycles. The number of nitrogens with zero attached hydrogens (tertiary/aromatic N) is 1. The zero-order valence-corrected chi connectivity index (χ0v) is 7.42. The number of unbranched alkanes of at least 4 members (excludes halogenated alkanes) is 2. The van der Waals surface area contributed by atoms with E-state index in [2.05, 4.69) is 18.1 Å². The first kappa shape index (κ1) is 9.04. The van der Waals surface area contributed by atoms with Crippen LogP contribution in [0.5, 0.6) is 5.75 Å². The molecule has 0 aliphatic carbocycles. The van der Waals surface area contributed by atoms with Gasteiger partial charge in [-0.1, -0.05) is 19.8 Å². The van der Waals surface area contributed by atoms with Gasteiger partial charge in [-0.2, -0.15) is 0 Å². The first-order valence-corrected chi connectivity index (χ1v) is 4.38. The maximum absolute atomic E-state index is 5.44. The van der Waals surface area contributed by atoms with Crippen LogP contribution in [0.4, 0.5) is 0 Å². The summed E-state index contributed by atoms with van der Waals surface area (Å²) in [7, 11) is 0. The van der Waals surface area contributed by atoms with Gasteiger partial charge in [0.25, 0.3) is 0 Å². The minimum Gasteiger partial charge on any atom is -0.493 e. The monoisotopic (exact) mass is 164 g/mol. The Labute approximate surface area is 73.6 Å². The van der Waals surface area contributed by atoms with Gasteiger partial charge >= 0.3 is 0 Å². The molecule has 12 heavy (non-hydrogen) atoms. The van der Waals surface area contributed by atoms with Crippen LogP contribution in [-0.2, 0) is 0 Å². The third-order valence-electron chi connectivity index (χ3n) is 1.61. The first-order chi connectivity index (χ1) is 5.93. The molecule has 0 aromatic carbocycles. The van der Waals surface area contributed by atoms with E-state index in [-0.39, 0.29) is 0 Å². The molecule has 0 aliphatic rings. The fraction of sp³-hybridized carbons (Fsp3) is 0.500. The predicted octanol–water partition coefficient (Wildman–Crippen LogP) is 2.45. The summed E-state index contributed by atoms with van der Waals surface area (Å²) < 4.78 is 5.44. The molecule has 0 atom stereocenters. The Hall–Kier alpha value is -1.05. The lowest BCUT2D eigenvalue weighted by atomic mass is 10.3. The fourth-order valence-corrected chi connectivity index (χ4v) is 0.935. The van der Waals surface area contributed by atoms with Crippen molar-refractivity contribution in [1.82, 2.24) is 4.98 Å². The highest BCUT2D eigenvalue weighted by molar-refractivity contribution is 5.15. The van der Waals surface area contributed by atoms with Gasteiger partial charge in [0, 0.05) is 12.3 Å². The van der Waals surface area contributed by atoms with Crippen molar-refractivity contribution in [3.8, 4) is 5.75 Å². The summed E-state index contributed by atoms with van der Waals surface area (Å²) in [6.07, 6.45) is 8.00. The number of pyridine rings is 1. The molecule has 0 spiro atoms. The number of hydrogen-bond acceptors (Lipinski definition) is 2. The number of ether oxygens (including phenoxy) is 1. The molecule has 0 N–H and O–H groups in total. The molecule has 0 aliphatic heterocycles. The molecule has 65 valence electrons. The van der Waals surface area contributed by atoms with Crippen LogP contribution in [0, 0.1) is 6.20 Å². The second-order valence-corrected chi connectivity index (χ2v) is 2.68. The quantitative estimate of drug-likeness (QED) is 0.623. The molecule has 2 nitrogen and oxygen atoms in total. The smallest absolute Gasteiger partial charge is 0.123 e. The molecule has 1 radical (unpaired) electrons. The Morgan fingerprint density at radius 3 is 3.08 bits per heavy atom. The van der Waals surface area contributed by atoms with E-state index >= 15 is 0 Å². The van der Waals surface area contributed by atoms with Gasteiger partial charge in [-0.3, -0.25) is 4.98 Å². The molecule has 1 rings (SSSR count).